The molecule has 0 amide bonds. The monoisotopic (exact) mass is 291 g/mol. The van der Waals surface area contributed by atoms with Crippen LogP contribution in [-0.4, -0.2) is 32.8 Å². The number of hydrogen-bond donors (Lipinski definition) is 2. The van der Waals surface area contributed by atoms with E-state index in [1.54, 1.807) is 0 Å². The van der Waals surface area contributed by atoms with Gasteiger partial charge in [0.1, 0.15) is 5.82 Å². The molecule has 1 aromatic heterocycles. The van der Waals surface area contributed by atoms with Gasteiger partial charge >= 0.3 is 0 Å². The molecule has 4 heteroatoms. The van der Waals surface area contributed by atoms with Crippen LogP contribution in [0.2, 0.25) is 0 Å². The highest BCUT2D eigenvalue weighted by molar-refractivity contribution is 5.21. The van der Waals surface area contributed by atoms with E-state index in [1.165, 1.54) is 37.1 Å². The lowest BCUT2D eigenvalue weighted by Gasteiger charge is -2.37. The Balaban J connectivity index is 1.90. The first-order valence-corrected chi connectivity index (χ1v) is 8.49. The lowest BCUT2D eigenvalue weighted by Crippen LogP contribution is -2.56. The molecule has 0 spiro atoms. The van der Waals surface area contributed by atoms with Gasteiger partial charge in [0.2, 0.25) is 0 Å². The number of hydrogen-bond acceptors (Lipinski definition) is 3. The van der Waals surface area contributed by atoms with Gasteiger partial charge in [0.25, 0.3) is 0 Å². The van der Waals surface area contributed by atoms with Crippen molar-refractivity contribution in [1.29, 1.82) is 0 Å². The van der Waals surface area contributed by atoms with Crippen LogP contribution in [0.4, 0.5) is 0 Å². The van der Waals surface area contributed by atoms with Crippen LogP contribution in [0.5, 0.6) is 0 Å². The smallest absolute Gasteiger partial charge is 0.106 e. The number of fused-ring (bicyclic) bond motifs is 1. The minimum Gasteiger partial charge on any atom is -0.394 e. The highest BCUT2D eigenvalue weighted by atomic mass is 16.3. The second-order valence-corrected chi connectivity index (χ2v) is 7.23. The minimum absolute atomic E-state index is 0.176. The van der Waals surface area contributed by atoms with Crippen LogP contribution in [0.1, 0.15) is 56.7 Å². The van der Waals surface area contributed by atoms with Crippen LogP contribution >= 0.6 is 0 Å². The number of aromatic nitrogens is 2. The van der Waals surface area contributed by atoms with Crippen molar-refractivity contribution < 1.29 is 5.11 Å². The quantitative estimate of drug-likeness (QED) is 0.845. The van der Waals surface area contributed by atoms with Crippen LogP contribution in [0.3, 0.4) is 0 Å². The predicted octanol–water partition coefficient (Wildman–Crippen LogP) is 2.21. The minimum atomic E-state index is -0.176. The molecule has 1 fully saturated rings. The number of rotatable bonds is 6. The van der Waals surface area contributed by atoms with Crippen molar-refractivity contribution in [2.75, 3.05) is 6.61 Å². The van der Waals surface area contributed by atoms with Gasteiger partial charge < -0.3 is 15.0 Å². The summed E-state index contributed by atoms with van der Waals surface area (Å²) in [5, 5.41) is 13.8. The maximum Gasteiger partial charge on any atom is 0.106 e. The molecular formula is C17H29N3O. The van der Waals surface area contributed by atoms with Gasteiger partial charge in [-0.25, -0.2) is 4.98 Å². The summed E-state index contributed by atoms with van der Waals surface area (Å²) in [6, 6.07) is 0.386. The van der Waals surface area contributed by atoms with E-state index in [9.17, 15) is 5.11 Å². The normalized spacial score (nSPS) is 21.4. The molecule has 3 rings (SSSR count). The summed E-state index contributed by atoms with van der Waals surface area (Å²) in [6.07, 6.45) is 7.26. The molecule has 0 aromatic carbocycles. The number of nitrogens with one attached hydrogen (secondary N) is 1. The third kappa shape index (κ3) is 2.88. The number of aliphatic hydroxyl groups is 1. The first-order chi connectivity index (χ1) is 10.1. The second-order valence-electron chi connectivity index (χ2n) is 7.23. The average molecular weight is 291 g/mol. The summed E-state index contributed by atoms with van der Waals surface area (Å²) < 4.78 is 2.39. The highest BCUT2D eigenvalue weighted by Gasteiger charge is 2.46. The lowest BCUT2D eigenvalue weighted by atomic mass is 9.92. The fourth-order valence-corrected chi connectivity index (χ4v) is 3.96. The summed E-state index contributed by atoms with van der Waals surface area (Å²) in [5.74, 6) is 1.72. The Labute approximate surface area is 128 Å². The van der Waals surface area contributed by atoms with Crippen LogP contribution in [0.25, 0.3) is 0 Å². The molecular weight excluding hydrogens is 262 g/mol. The maximum absolute atomic E-state index is 10.1. The van der Waals surface area contributed by atoms with E-state index in [0.29, 0.717) is 12.0 Å². The molecule has 1 saturated carbocycles. The van der Waals surface area contributed by atoms with E-state index in [1.807, 2.05) is 0 Å². The molecule has 2 N–H and O–H groups in total. The van der Waals surface area contributed by atoms with Crippen LogP contribution < -0.4 is 5.32 Å². The molecule has 4 nitrogen and oxygen atoms in total. The molecule has 0 saturated heterocycles. The molecule has 0 bridgehead atoms. The molecule has 1 atom stereocenters. The standard InChI is InChI=1S/C17H29N3O/c1-12(2)19-17(11-21,14-8-9-14)10-20-13(3)18-15-6-4-5-7-16(15)20/h12,14,19,21H,4-11H2,1-3H3. The van der Waals surface area contributed by atoms with Crippen molar-refractivity contribution >= 4 is 0 Å². The Kier molecular flexibility index (Phi) is 4.10. The molecule has 0 radical (unpaired) electrons. The molecule has 1 heterocycles. The molecule has 21 heavy (non-hydrogen) atoms. The Morgan fingerprint density at radius 1 is 1.33 bits per heavy atom. The first-order valence-electron chi connectivity index (χ1n) is 8.49. The fraction of sp³-hybridized carbons (Fsp3) is 0.824. The van der Waals surface area contributed by atoms with E-state index in [0.717, 1.165) is 25.2 Å². The lowest BCUT2D eigenvalue weighted by molar-refractivity contribution is 0.112. The Bertz CT molecular complexity index is 504. The van der Waals surface area contributed by atoms with Crippen LogP contribution in [0, 0.1) is 12.8 Å². The summed E-state index contributed by atoms with van der Waals surface area (Å²) in [7, 11) is 0. The van der Waals surface area contributed by atoms with E-state index in [-0.39, 0.29) is 12.1 Å². The summed E-state index contributed by atoms with van der Waals surface area (Å²) in [4.78, 5) is 4.78. The summed E-state index contributed by atoms with van der Waals surface area (Å²) in [5.41, 5.74) is 2.54. The Morgan fingerprint density at radius 3 is 2.67 bits per heavy atom. The number of aryl methyl sites for hydroxylation is 2. The van der Waals surface area contributed by atoms with Gasteiger partial charge in [0.15, 0.2) is 0 Å². The van der Waals surface area contributed by atoms with Gasteiger partial charge in [-0.05, 0) is 51.4 Å². The van der Waals surface area contributed by atoms with Gasteiger partial charge in [0, 0.05) is 18.3 Å². The predicted molar refractivity (Wildman–Crippen MR) is 84.4 cm³/mol. The van der Waals surface area contributed by atoms with Gasteiger partial charge in [-0.2, -0.15) is 0 Å². The molecule has 0 aliphatic heterocycles. The zero-order valence-electron chi connectivity index (χ0n) is 13.7. The van der Waals surface area contributed by atoms with Gasteiger partial charge in [-0.1, -0.05) is 13.8 Å². The van der Waals surface area contributed by atoms with E-state index in [4.69, 9.17) is 4.98 Å². The zero-order chi connectivity index (χ0) is 15.0. The van der Waals surface area contributed by atoms with Gasteiger partial charge in [-0.3, -0.25) is 0 Å². The number of imidazole rings is 1. The second kappa shape index (κ2) is 5.73. The van der Waals surface area contributed by atoms with E-state index >= 15 is 0 Å². The van der Waals surface area contributed by atoms with Crippen LogP contribution in [-0.2, 0) is 19.4 Å². The number of aliphatic hydroxyl groups excluding tert-OH is 1. The van der Waals surface area contributed by atoms with E-state index in [2.05, 4.69) is 30.7 Å². The summed E-state index contributed by atoms with van der Waals surface area (Å²) in [6.45, 7) is 7.53. The van der Waals surface area contributed by atoms with Crippen molar-refractivity contribution in [3.05, 3.63) is 17.2 Å². The van der Waals surface area contributed by atoms with Crippen LogP contribution in [0.15, 0.2) is 0 Å². The topological polar surface area (TPSA) is 50.1 Å². The van der Waals surface area contributed by atoms with Crippen molar-refractivity contribution in [1.82, 2.24) is 14.9 Å². The maximum atomic E-state index is 10.1. The molecule has 1 unspecified atom stereocenters. The average Bonchev–Trinajstić information content (AvgIpc) is 3.25. The molecule has 1 aromatic rings. The SMILES string of the molecule is Cc1nc2c(n1CC(CO)(NC(C)C)C1CC1)CCCC2. The third-order valence-electron chi connectivity index (χ3n) is 5.08. The summed E-state index contributed by atoms with van der Waals surface area (Å²) >= 11 is 0. The van der Waals surface area contributed by atoms with Crippen molar-refractivity contribution in [3.63, 3.8) is 0 Å². The van der Waals surface area contributed by atoms with Crippen molar-refractivity contribution in [3.8, 4) is 0 Å². The zero-order valence-corrected chi connectivity index (χ0v) is 13.7. The van der Waals surface area contributed by atoms with Crippen molar-refractivity contribution in [2.24, 2.45) is 5.92 Å². The largest absolute Gasteiger partial charge is 0.394 e. The fourth-order valence-electron chi connectivity index (χ4n) is 3.96. The van der Waals surface area contributed by atoms with Gasteiger partial charge in [0.05, 0.1) is 17.8 Å². The molecule has 2 aliphatic carbocycles. The van der Waals surface area contributed by atoms with E-state index < -0.39 is 0 Å². The highest BCUT2D eigenvalue weighted by Crippen LogP contribution is 2.41. The van der Waals surface area contributed by atoms with Gasteiger partial charge in [-0.15, -0.1) is 0 Å². The Morgan fingerprint density at radius 2 is 2.05 bits per heavy atom. The van der Waals surface area contributed by atoms with Crippen molar-refractivity contribution in [2.45, 2.75) is 77.4 Å². The Hall–Kier alpha value is -0.870. The first kappa shape index (κ1) is 15.0. The molecule has 118 valence electrons. The molecule has 2 aliphatic rings. The number of nitrogens with zero attached hydrogens (tertiary/aromatic N) is 2. The third-order valence-corrected chi connectivity index (χ3v) is 5.08.